The van der Waals surface area contributed by atoms with Gasteiger partial charge in [-0.05, 0) is 5.56 Å². The standard InChI is InChI=1S/C14H19NO6/c16-7-9-12(18)13(19)11(14(20)21-9)15-10(17)6-8-4-2-1-3-5-8/h1-5,9,11-14,16,18-20H,6-7H2,(H,15,17)/t9?,11?,12-,13?,14-/m1/s1. The number of aliphatic hydroxyl groups excluding tert-OH is 4. The molecular formula is C14H19NO6. The molecule has 7 heteroatoms. The van der Waals surface area contributed by atoms with E-state index in [0.29, 0.717) is 0 Å². The van der Waals surface area contributed by atoms with E-state index in [4.69, 9.17) is 9.84 Å². The topological polar surface area (TPSA) is 119 Å². The summed E-state index contributed by atoms with van der Waals surface area (Å²) in [5, 5.41) is 40.8. The first kappa shape index (κ1) is 15.9. The van der Waals surface area contributed by atoms with E-state index in [1.807, 2.05) is 6.07 Å². The van der Waals surface area contributed by atoms with Crippen molar-refractivity contribution in [3.8, 4) is 0 Å². The molecule has 0 aliphatic carbocycles. The number of ether oxygens (including phenoxy) is 1. The second-order valence-corrected chi connectivity index (χ2v) is 4.98. The fourth-order valence-electron chi connectivity index (χ4n) is 2.27. The van der Waals surface area contributed by atoms with Gasteiger partial charge in [0, 0.05) is 0 Å². The molecule has 2 rings (SSSR count). The average Bonchev–Trinajstić information content (AvgIpc) is 2.48. The van der Waals surface area contributed by atoms with Gasteiger partial charge in [0.25, 0.3) is 0 Å². The lowest BCUT2D eigenvalue weighted by Gasteiger charge is -2.40. The van der Waals surface area contributed by atoms with Crippen LogP contribution in [0.3, 0.4) is 0 Å². The van der Waals surface area contributed by atoms with E-state index in [-0.39, 0.29) is 6.42 Å². The van der Waals surface area contributed by atoms with Crippen molar-refractivity contribution in [2.75, 3.05) is 6.61 Å². The Hall–Kier alpha value is -1.51. The summed E-state index contributed by atoms with van der Waals surface area (Å²) in [6, 6.07) is 7.83. The number of carbonyl (C=O) groups is 1. The first-order chi connectivity index (χ1) is 10.0. The molecule has 1 saturated heterocycles. The van der Waals surface area contributed by atoms with Crippen molar-refractivity contribution in [3.63, 3.8) is 0 Å². The van der Waals surface area contributed by atoms with Crippen molar-refractivity contribution < 1.29 is 30.0 Å². The van der Waals surface area contributed by atoms with Crippen LogP contribution in [0, 0.1) is 0 Å². The maximum Gasteiger partial charge on any atom is 0.224 e. The van der Waals surface area contributed by atoms with Crippen LogP contribution >= 0.6 is 0 Å². The molecule has 21 heavy (non-hydrogen) atoms. The van der Waals surface area contributed by atoms with Crippen LogP contribution in [-0.2, 0) is 16.0 Å². The van der Waals surface area contributed by atoms with Crippen molar-refractivity contribution in [3.05, 3.63) is 35.9 Å². The van der Waals surface area contributed by atoms with E-state index >= 15 is 0 Å². The molecule has 0 radical (unpaired) electrons. The van der Waals surface area contributed by atoms with Crippen molar-refractivity contribution >= 4 is 5.91 Å². The Kier molecular flexibility index (Phi) is 5.27. The molecule has 1 aromatic carbocycles. The molecule has 7 nitrogen and oxygen atoms in total. The third-order valence-electron chi connectivity index (χ3n) is 3.44. The van der Waals surface area contributed by atoms with Gasteiger partial charge in [0.1, 0.15) is 24.4 Å². The Morgan fingerprint density at radius 1 is 1.14 bits per heavy atom. The highest BCUT2D eigenvalue weighted by Gasteiger charge is 2.44. The monoisotopic (exact) mass is 297 g/mol. The number of carbonyl (C=O) groups excluding carboxylic acids is 1. The summed E-state index contributed by atoms with van der Waals surface area (Å²) in [7, 11) is 0. The Bertz CT molecular complexity index is 468. The molecule has 1 heterocycles. The van der Waals surface area contributed by atoms with Crippen LogP contribution in [0.15, 0.2) is 30.3 Å². The largest absolute Gasteiger partial charge is 0.394 e. The first-order valence-electron chi connectivity index (χ1n) is 6.66. The fourth-order valence-corrected chi connectivity index (χ4v) is 2.27. The lowest BCUT2D eigenvalue weighted by molar-refractivity contribution is -0.253. The van der Waals surface area contributed by atoms with E-state index in [0.717, 1.165) is 5.56 Å². The lowest BCUT2D eigenvalue weighted by Crippen LogP contribution is -2.64. The Morgan fingerprint density at radius 3 is 2.43 bits per heavy atom. The molecule has 1 amide bonds. The van der Waals surface area contributed by atoms with Crippen LogP contribution in [-0.4, -0.2) is 63.6 Å². The first-order valence-corrected chi connectivity index (χ1v) is 6.66. The van der Waals surface area contributed by atoms with Crippen LogP contribution in [0.2, 0.25) is 0 Å². The second kappa shape index (κ2) is 6.97. The summed E-state index contributed by atoms with van der Waals surface area (Å²) < 4.78 is 4.96. The molecule has 5 N–H and O–H groups in total. The summed E-state index contributed by atoms with van der Waals surface area (Å²) >= 11 is 0. The van der Waals surface area contributed by atoms with Gasteiger partial charge < -0.3 is 30.5 Å². The predicted molar refractivity (Wildman–Crippen MR) is 72.1 cm³/mol. The summed E-state index contributed by atoms with van der Waals surface area (Å²) in [4.78, 5) is 11.9. The van der Waals surface area contributed by atoms with E-state index in [1.165, 1.54) is 0 Å². The minimum absolute atomic E-state index is 0.0797. The van der Waals surface area contributed by atoms with Crippen LogP contribution in [0.25, 0.3) is 0 Å². The highest BCUT2D eigenvalue weighted by molar-refractivity contribution is 5.79. The van der Waals surface area contributed by atoms with Gasteiger partial charge in [-0.3, -0.25) is 4.79 Å². The number of aliphatic hydroxyl groups is 4. The van der Waals surface area contributed by atoms with E-state index in [2.05, 4.69) is 5.32 Å². The van der Waals surface area contributed by atoms with Gasteiger partial charge in [-0.1, -0.05) is 30.3 Å². The van der Waals surface area contributed by atoms with E-state index in [9.17, 15) is 20.1 Å². The van der Waals surface area contributed by atoms with Crippen molar-refractivity contribution in [1.82, 2.24) is 5.32 Å². The molecule has 1 aromatic rings. The number of hydrogen-bond acceptors (Lipinski definition) is 6. The number of amides is 1. The van der Waals surface area contributed by atoms with Gasteiger partial charge in [-0.15, -0.1) is 0 Å². The number of nitrogens with one attached hydrogen (secondary N) is 1. The second-order valence-electron chi connectivity index (χ2n) is 4.98. The maximum atomic E-state index is 11.9. The highest BCUT2D eigenvalue weighted by atomic mass is 16.6. The molecule has 0 saturated carbocycles. The maximum absolute atomic E-state index is 11.9. The van der Waals surface area contributed by atoms with Crippen LogP contribution in [0.1, 0.15) is 5.56 Å². The molecule has 1 fully saturated rings. The summed E-state index contributed by atoms with van der Waals surface area (Å²) in [5.41, 5.74) is 0.782. The van der Waals surface area contributed by atoms with Crippen LogP contribution in [0.4, 0.5) is 0 Å². The van der Waals surface area contributed by atoms with E-state index in [1.54, 1.807) is 24.3 Å². The molecule has 5 atom stereocenters. The summed E-state index contributed by atoms with van der Waals surface area (Å²) in [6.45, 7) is -0.542. The summed E-state index contributed by atoms with van der Waals surface area (Å²) in [6.07, 6.45) is -5.32. The number of benzene rings is 1. The van der Waals surface area contributed by atoms with Crippen LogP contribution in [0.5, 0.6) is 0 Å². The Morgan fingerprint density at radius 2 is 1.81 bits per heavy atom. The zero-order chi connectivity index (χ0) is 15.4. The quantitative estimate of drug-likeness (QED) is 0.445. The van der Waals surface area contributed by atoms with Gasteiger partial charge in [-0.2, -0.15) is 0 Å². The lowest BCUT2D eigenvalue weighted by atomic mass is 9.97. The van der Waals surface area contributed by atoms with Gasteiger partial charge in [0.2, 0.25) is 5.91 Å². The van der Waals surface area contributed by atoms with Gasteiger partial charge in [-0.25, -0.2) is 0 Å². The summed E-state index contributed by atoms with van der Waals surface area (Å²) in [5.74, 6) is -0.414. The zero-order valence-electron chi connectivity index (χ0n) is 11.3. The number of hydrogen-bond donors (Lipinski definition) is 5. The van der Waals surface area contributed by atoms with Crippen molar-refractivity contribution in [2.45, 2.75) is 37.1 Å². The number of rotatable bonds is 4. The molecule has 116 valence electrons. The molecule has 1 aliphatic heterocycles. The Balaban J connectivity index is 1.96. The molecular weight excluding hydrogens is 278 g/mol. The van der Waals surface area contributed by atoms with Gasteiger partial charge in [0.05, 0.1) is 13.0 Å². The molecule has 1 aliphatic rings. The average molecular weight is 297 g/mol. The van der Waals surface area contributed by atoms with Crippen molar-refractivity contribution in [1.29, 1.82) is 0 Å². The molecule has 3 unspecified atom stereocenters. The molecule has 0 bridgehead atoms. The predicted octanol–water partition coefficient (Wildman–Crippen LogP) is -1.85. The van der Waals surface area contributed by atoms with Gasteiger partial charge in [0.15, 0.2) is 6.29 Å². The zero-order valence-corrected chi connectivity index (χ0v) is 11.3. The SMILES string of the molecule is O=C(Cc1ccccc1)NC1C(O)[C@H](O)C(CO)O[C@H]1O. The minimum atomic E-state index is -1.50. The third kappa shape index (κ3) is 3.78. The Labute approximate surface area is 121 Å². The highest BCUT2D eigenvalue weighted by Crippen LogP contribution is 2.19. The van der Waals surface area contributed by atoms with Crippen LogP contribution < -0.4 is 5.32 Å². The molecule has 0 spiro atoms. The smallest absolute Gasteiger partial charge is 0.224 e. The van der Waals surface area contributed by atoms with Crippen molar-refractivity contribution in [2.24, 2.45) is 0 Å². The fraction of sp³-hybridized carbons (Fsp3) is 0.500. The molecule has 0 aromatic heterocycles. The van der Waals surface area contributed by atoms with E-state index < -0.39 is 43.2 Å². The van der Waals surface area contributed by atoms with Gasteiger partial charge >= 0.3 is 0 Å². The normalized spacial score (nSPS) is 32.7. The third-order valence-corrected chi connectivity index (χ3v) is 3.44. The minimum Gasteiger partial charge on any atom is -0.394 e.